The van der Waals surface area contributed by atoms with E-state index in [9.17, 15) is 0 Å². The minimum Gasteiger partial charge on any atom is -0.357 e. The highest BCUT2D eigenvalue weighted by Gasteiger charge is 2.09. The number of benzene rings is 1. The molecule has 0 saturated carbocycles. The van der Waals surface area contributed by atoms with Crippen LogP contribution in [0.3, 0.4) is 0 Å². The Morgan fingerprint density at radius 3 is 2.89 bits per heavy atom. The van der Waals surface area contributed by atoms with Gasteiger partial charge in [0, 0.05) is 28.2 Å². The molecule has 0 bridgehead atoms. The van der Waals surface area contributed by atoms with Crippen molar-refractivity contribution in [2.24, 2.45) is 4.99 Å². The van der Waals surface area contributed by atoms with Crippen LogP contribution in [0.2, 0.25) is 5.02 Å². The number of aliphatic imine (C=N–C) groups is 1. The van der Waals surface area contributed by atoms with Gasteiger partial charge in [-0.3, -0.25) is 0 Å². The molecule has 2 heterocycles. The van der Waals surface area contributed by atoms with Crippen LogP contribution in [0.4, 0.5) is 0 Å². The largest absolute Gasteiger partial charge is 0.357 e. The van der Waals surface area contributed by atoms with Crippen LogP contribution in [-0.2, 0) is 13.1 Å². The molecule has 2 N–H and O–H groups in total. The second-order valence-corrected chi connectivity index (χ2v) is 7.19. The maximum absolute atomic E-state index is 6.00. The number of hydrogen-bond acceptors (Lipinski definition) is 6. The molecule has 0 atom stereocenters. The third-order valence-corrected chi connectivity index (χ3v) is 4.49. The van der Waals surface area contributed by atoms with Gasteiger partial charge in [0.15, 0.2) is 5.96 Å². The van der Waals surface area contributed by atoms with Gasteiger partial charge in [-0.25, -0.2) is 9.98 Å². The summed E-state index contributed by atoms with van der Waals surface area (Å²) >= 11 is 7.65. The van der Waals surface area contributed by atoms with E-state index in [1.54, 1.807) is 23.5 Å². The van der Waals surface area contributed by atoms with Crippen molar-refractivity contribution >= 4 is 52.9 Å². The molecule has 7 nitrogen and oxygen atoms in total. The summed E-state index contributed by atoms with van der Waals surface area (Å²) in [5.41, 5.74) is 0.806. The van der Waals surface area contributed by atoms with Gasteiger partial charge in [0.1, 0.15) is 11.6 Å². The van der Waals surface area contributed by atoms with Crippen LogP contribution in [0.15, 0.2) is 40.0 Å². The zero-order chi connectivity index (χ0) is 18.4. The fourth-order valence-corrected chi connectivity index (χ4v) is 3.11. The van der Waals surface area contributed by atoms with Gasteiger partial charge in [-0.15, -0.1) is 35.3 Å². The van der Waals surface area contributed by atoms with Crippen molar-refractivity contribution in [2.75, 3.05) is 6.54 Å². The SMILES string of the molecule is CCNC(=NCc1nc(-c2cccc(Cl)c2)no1)NCc1ncc(C)s1.I. The van der Waals surface area contributed by atoms with Crippen molar-refractivity contribution in [1.29, 1.82) is 0 Å². The molecule has 0 saturated heterocycles. The Bertz CT molecular complexity index is 897. The lowest BCUT2D eigenvalue weighted by atomic mass is 10.2. The van der Waals surface area contributed by atoms with E-state index in [4.69, 9.17) is 16.1 Å². The number of nitrogens with zero attached hydrogens (tertiary/aromatic N) is 4. The number of guanidine groups is 1. The maximum atomic E-state index is 6.00. The first-order valence-corrected chi connectivity index (χ1v) is 9.35. The Labute approximate surface area is 183 Å². The fourth-order valence-electron chi connectivity index (χ4n) is 2.19. The molecule has 3 rings (SSSR count). The van der Waals surface area contributed by atoms with Crippen molar-refractivity contribution in [2.45, 2.75) is 26.9 Å². The molecule has 0 aliphatic heterocycles. The summed E-state index contributed by atoms with van der Waals surface area (Å²) in [6.45, 7) is 5.68. The van der Waals surface area contributed by atoms with E-state index in [1.807, 2.05) is 32.2 Å². The molecule has 0 amide bonds. The van der Waals surface area contributed by atoms with E-state index in [2.05, 4.69) is 30.8 Å². The van der Waals surface area contributed by atoms with Crippen LogP contribution >= 0.6 is 46.9 Å². The number of halogens is 2. The van der Waals surface area contributed by atoms with Gasteiger partial charge in [0.25, 0.3) is 0 Å². The summed E-state index contributed by atoms with van der Waals surface area (Å²) in [4.78, 5) is 14.4. The minimum absolute atomic E-state index is 0. The average molecular weight is 519 g/mol. The van der Waals surface area contributed by atoms with Gasteiger partial charge in [-0.05, 0) is 26.0 Å². The van der Waals surface area contributed by atoms with Crippen molar-refractivity contribution < 1.29 is 4.52 Å². The Morgan fingerprint density at radius 2 is 2.19 bits per heavy atom. The number of rotatable bonds is 6. The zero-order valence-electron chi connectivity index (χ0n) is 14.9. The Kier molecular flexibility index (Phi) is 8.45. The first kappa shape index (κ1) is 21.6. The predicted molar refractivity (Wildman–Crippen MR) is 119 cm³/mol. The Hall–Kier alpha value is -1.72. The third kappa shape index (κ3) is 6.43. The minimum atomic E-state index is 0. The van der Waals surface area contributed by atoms with E-state index in [0.29, 0.717) is 29.2 Å². The molecular weight excluding hydrogens is 499 g/mol. The van der Waals surface area contributed by atoms with Crippen molar-refractivity contribution in [3.8, 4) is 11.4 Å². The molecule has 0 spiro atoms. The summed E-state index contributed by atoms with van der Waals surface area (Å²) in [6.07, 6.45) is 1.86. The molecule has 144 valence electrons. The van der Waals surface area contributed by atoms with E-state index in [-0.39, 0.29) is 30.5 Å². The molecule has 1 aromatic carbocycles. The number of nitrogens with one attached hydrogen (secondary N) is 2. The highest BCUT2D eigenvalue weighted by molar-refractivity contribution is 14.0. The predicted octanol–water partition coefficient (Wildman–Crippen LogP) is 4.03. The molecule has 0 radical (unpaired) electrons. The number of aryl methyl sites for hydroxylation is 1. The van der Waals surface area contributed by atoms with Crippen molar-refractivity contribution in [3.63, 3.8) is 0 Å². The third-order valence-electron chi connectivity index (χ3n) is 3.34. The molecule has 2 aromatic heterocycles. The smallest absolute Gasteiger partial charge is 0.248 e. The fraction of sp³-hybridized carbons (Fsp3) is 0.294. The van der Waals surface area contributed by atoms with Crippen LogP contribution in [0.5, 0.6) is 0 Å². The summed E-state index contributed by atoms with van der Waals surface area (Å²) in [5.74, 6) is 1.60. The van der Waals surface area contributed by atoms with Crippen LogP contribution in [0.1, 0.15) is 22.7 Å². The van der Waals surface area contributed by atoms with Gasteiger partial charge in [-0.2, -0.15) is 4.98 Å². The Balaban J connectivity index is 0.00000261. The lowest BCUT2D eigenvalue weighted by molar-refractivity contribution is 0.380. The van der Waals surface area contributed by atoms with E-state index in [1.165, 1.54) is 4.88 Å². The van der Waals surface area contributed by atoms with Gasteiger partial charge in [0.2, 0.25) is 11.7 Å². The molecule has 0 fully saturated rings. The monoisotopic (exact) mass is 518 g/mol. The number of thiazole rings is 1. The highest BCUT2D eigenvalue weighted by atomic mass is 127. The summed E-state index contributed by atoms with van der Waals surface area (Å²) in [7, 11) is 0. The van der Waals surface area contributed by atoms with Gasteiger partial charge >= 0.3 is 0 Å². The second kappa shape index (κ2) is 10.6. The maximum Gasteiger partial charge on any atom is 0.248 e. The van der Waals surface area contributed by atoms with Gasteiger partial charge in [-0.1, -0.05) is 28.9 Å². The first-order valence-electron chi connectivity index (χ1n) is 8.16. The quantitative estimate of drug-likeness (QED) is 0.291. The molecule has 0 unspecified atom stereocenters. The summed E-state index contributed by atoms with van der Waals surface area (Å²) in [6, 6.07) is 7.32. The molecular formula is C17H20ClIN6OS. The van der Waals surface area contributed by atoms with Crippen LogP contribution < -0.4 is 10.6 Å². The topological polar surface area (TPSA) is 88.2 Å². The first-order chi connectivity index (χ1) is 12.6. The van der Waals surface area contributed by atoms with E-state index >= 15 is 0 Å². The molecule has 3 aromatic rings. The van der Waals surface area contributed by atoms with Gasteiger partial charge in [0.05, 0.1) is 6.54 Å². The average Bonchev–Trinajstić information content (AvgIpc) is 3.26. The zero-order valence-corrected chi connectivity index (χ0v) is 18.8. The lowest BCUT2D eigenvalue weighted by Gasteiger charge is -2.09. The summed E-state index contributed by atoms with van der Waals surface area (Å²) in [5, 5.41) is 12.1. The van der Waals surface area contributed by atoms with Gasteiger partial charge < -0.3 is 15.2 Å². The highest BCUT2D eigenvalue weighted by Crippen LogP contribution is 2.20. The molecule has 0 aliphatic rings. The van der Waals surface area contributed by atoms with Crippen LogP contribution in [-0.4, -0.2) is 27.6 Å². The molecule has 0 aliphatic carbocycles. The van der Waals surface area contributed by atoms with E-state index < -0.39 is 0 Å². The van der Waals surface area contributed by atoms with Crippen molar-refractivity contribution in [1.82, 2.24) is 25.8 Å². The van der Waals surface area contributed by atoms with Crippen molar-refractivity contribution in [3.05, 3.63) is 51.3 Å². The molecule has 10 heteroatoms. The standard InChI is InChI=1S/C17H19ClN6OS.HI/c1-3-19-17(22-10-15-20-8-11(2)26-15)21-9-14-23-16(24-25-14)12-5-4-6-13(18)7-12;/h4-8H,3,9-10H2,1-2H3,(H2,19,21,22);1H. The number of aromatic nitrogens is 3. The van der Waals surface area contributed by atoms with Crippen LogP contribution in [0, 0.1) is 6.92 Å². The molecule has 27 heavy (non-hydrogen) atoms. The second-order valence-electron chi connectivity index (χ2n) is 5.44. The van der Waals surface area contributed by atoms with E-state index in [0.717, 1.165) is 17.1 Å². The Morgan fingerprint density at radius 1 is 1.33 bits per heavy atom. The summed E-state index contributed by atoms with van der Waals surface area (Å²) < 4.78 is 5.28. The van der Waals surface area contributed by atoms with Crippen LogP contribution in [0.25, 0.3) is 11.4 Å². The number of hydrogen-bond donors (Lipinski definition) is 2. The lowest BCUT2D eigenvalue weighted by Crippen LogP contribution is -2.36. The normalized spacial score (nSPS) is 11.1.